The maximum Gasteiger partial charge on any atom is 0.217 e. The lowest BCUT2D eigenvalue weighted by atomic mass is 10.1. The maximum atomic E-state index is 13.4. The third-order valence-electron chi connectivity index (χ3n) is 3.47. The third kappa shape index (κ3) is 4.23. The number of nitrogens with zero attached hydrogens (tertiary/aromatic N) is 1. The predicted octanol–water partition coefficient (Wildman–Crippen LogP) is 1.14. The number of sulfonamides is 1. The van der Waals surface area contributed by atoms with E-state index in [1.165, 1.54) is 16.4 Å². The second-order valence-electron chi connectivity index (χ2n) is 4.90. The van der Waals surface area contributed by atoms with Crippen LogP contribution in [0.5, 0.6) is 0 Å². The van der Waals surface area contributed by atoms with Crippen LogP contribution < -0.4 is 5.32 Å². The summed E-state index contributed by atoms with van der Waals surface area (Å²) in [6.07, 6.45) is 0. The van der Waals surface area contributed by atoms with Crippen molar-refractivity contribution in [3.63, 3.8) is 0 Å². The lowest BCUT2D eigenvalue weighted by Crippen LogP contribution is -2.49. The van der Waals surface area contributed by atoms with Gasteiger partial charge in [0.2, 0.25) is 10.0 Å². The summed E-state index contributed by atoms with van der Waals surface area (Å²) in [6.45, 7) is 3.96. The Bertz CT molecular complexity index is 565. The van der Waals surface area contributed by atoms with E-state index in [2.05, 4.69) is 5.32 Å². The van der Waals surface area contributed by atoms with Gasteiger partial charge in [0.1, 0.15) is 5.82 Å². The quantitative estimate of drug-likeness (QED) is 0.800. The van der Waals surface area contributed by atoms with Crippen LogP contribution in [-0.4, -0.2) is 51.3 Å². The summed E-state index contributed by atoms with van der Waals surface area (Å²) in [5, 5.41) is 3.16. The van der Waals surface area contributed by atoms with E-state index in [0.29, 0.717) is 31.8 Å². The van der Waals surface area contributed by atoms with Gasteiger partial charge in [-0.15, -0.1) is 0 Å². The fourth-order valence-corrected chi connectivity index (χ4v) is 3.96. The Morgan fingerprint density at radius 3 is 3.00 bits per heavy atom. The predicted molar refractivity (Wildman–Crippen MR) is 79.0 cm³/mol. The molecular formula is C14H21FN2O3S. The van der Waals surface area contributed by atoms with E-state index < -0.39 is 10.0 Å². The highest BCUT2D eigenvalue weighted by atomic mass is 32.2. The summed E-state index contributed by atoms with van der Waals surface area (Å²) in [4.78, 5) is 0. The van der Waals surface area contributed by atoms with E-state index >= 15 is 0 Å². The summed E-state index contributed by atoms with van der Waals surface area (Å²) in [6, 6.07) is 5.73. The molecule has 2 rings (SSSR count). The van der Waals surface area contributed by atoms with Gasteiger partial charge in [-0.25, -0.2) is 12.8 Å². The molecule has 0 spiro atoms. The van der Waals surface area contributed by atoms with E-state index in [4.69, 9.17) is 4.74 Å². The second kappa shape index (κ2) is 7.31. The van der Waals surface area contributed by atoms with E-state index in [0.717, 1.165) is 0 Å². The highest BCUT2D eigenvalue weighted by molar-refractivity contribution is 7.89. The Hall–Kier alpha value is -1.02. The van der Waals surface area contributed by atoms with Crippen LogP contribution >= 0.6 is 0 Å². The first kappa shape index (κ1) is 16.4. The number of rotatable bonds is 6. The molecule has 0 saturated carbocycles. The van der Waals surface area contributed by atoms with Crippen molar-refractivity contribution in [2.75, 3.05) is 38.6 Å². The number of hydrogen-bond donors (Lipinski definition) is 1. The van der Waals surface area contributed by atoms with E-state index in [1.54, 1.807) is 12.1 Å². The molecule has 1 fully saturated rings. The smallest absolute Gasteiger partial charge is 0.217 e. The molecule has 1 N–H and O–H groups in total. The van der Waals surface area contributed by atoms with Gasteiger partial charge in [-0.3, -0.25) is 0 Å². The topological polar surface area (TPSA) is 58.6 Å². The van der Waals surface area contributed by atoms with Gasteiger partial charge in [-0.2, -0.15) is 4.31 Å². The van der Waals surface area contributed by atoms with Crippen molar-refractivity contribution in [1.29, 1.82) is 0 Å². The highest BCUT2D eigenvalue weighted by Gasteiger charge is 2.33. The molecule has 0 amide bonds. The molecule has 1 aliphatic heterocycles. The maximum absolute atomic E-state index is 13.4. The van der Waals surface area contributed by atoms with Crippen molar-refractivity contribution in [2.24, 2.45) is 0 Å². The molecule has 1 aromatic carbocycles. The zero-order chi connectivity index (χ0) is 15.3. The molecule has 1 unspecified atom stereocenters. The fourth-order valence-electron chi connectivity index (χ4n) is 2.44. The molecule has 0 radical (unpaired) electrons. The van der Waals surface area contributed by atoms with E-state index in [-0.39, 0.29) is 24.2 Å². The molecule has 21 heavy (non-hydrogen) atoms. The Morgan fingerprint density at radius 2 is 2.29 bits per heavy atom. The first-order valence-corrected chi connectivity index (χ1v) is 8.69. The molecule has 0 aliphatic carbocycles. The molecule has 0 aromatic heterocycles. The first-order chi connectivity index (χ1) is 10.0. The lowest BCUT2D eigenvalue weighted by Gasteiger charge is -2.35. The van der Waals surface area contributed by atoms with Gasteiger partial charge in [-0.05, 0) is 24.6 Å². The normalized spacial score (nSPS) is 20.6. The van der Waals surface area contributed by atoms with Gasteiger partial charge < -0.3 is 10.1 Å². The monoisotopic (exact) mass is 316 g/mol. The van der Waals surface area contributed by atoms with E-state index in [1.807, 2.05) is 6.92 Å². The molecule has 1 heterocycles. The third-order valence-corrected chi connectivity index (χ3v) is 5.31. The molecular weight excluding hydrogens is 295 g/mol. The van der Waals surface area contributed by atoms with Gasteiger partial charge in [0.25, 0.3) is 0 Å². The van der Waals surface area contributed by atoms with Crippen LogP contribution in [0.4, 0.5) is 4.39 Å². The molecule has 1 atom stereocenters. The molecule has 1 aromatic rings. The first-order valence-electron chi connectivity index (χ1n) is 7.08. The SMILES string of the molecule is CCOCCS(=O)(=O)N1CCNCC1c1cccc(F)c1. The average molecular weight is 316 g/mol. The van der Waals surface area contributed by atoms with Crippen LogP contribution in [0.3, 0.4) is 0 Å². The highest BCUT2D eigenvalue weighted by Crippen LogP contribution is 2.25. The summed E-state index contributed by atoms with van der Waals surface area (Å²) < 4.78 is 44.9. The molecule has 5 nitrogen and oxygen atoms in total. The largest absolute Gasteiger partial charge is 0.381 e. The van der Waals surface area contributed by atoms with Crippen molar-refractivity contribution >= 4 is 10.0 Å². The minimum atomic E-state index is -3.42. The summed E-state index contributed by atoms with van der Waals surface area (Å²) >= 11 is 0. The van der Waals surface area contributed by atoms with Crippen molar-refractivity contribution in [3.05, 3.63) is 35.6 Å². The molecule has 1 aliphatic rings. The average Bonchev–Trinajstić information content (AvgIpc) is 2.47. The standard InChI is InChI=1S/C14H21FN2O3S/c1-2-20-8-9-21(18,19)17-7-6-16-11-14(17)12-4-3-5-13(15)10-12/h3-5,10,14,16H,2,6-9,11H2,1H3. The van der Waals surface area contributed by atoms with Gasteiger partial charge >= 0.3 is 0 Å². The lowest BCUT2D eigenvalue weighted by molar-refractivity contribution is 0.161. The zero-order valence-electron chi connectivity index (χ0n) is 12.1. The number of nitrogens with one attached hydrogen (secondary N) is 1. The Kier molecular flexibility index (Phi) is 5.69. The van der Waals surface area contributed by atoms with Crippen LogP contribution in [0, 0.1) is 5.82 Å². The van der Waals surface area contributed by atoms with Gasteiger partial charge in [0, 0.05) is 26.2 Å². The van der Waals surface area contributed by atoms with E-state index in [9.17, 15) is 12.8 Å². The number of benzene rings is 1. The Labute approximate surface area is 125 Å². The van der Waals surface area contributed by atoms with Crippen molar-refractivity contribution in [3.8, 4) is 0 Å². The van der Waals surface area contributed by atoms with Crippen molar-refractivity contribution in [2.45, 2.75) is 13.0 Å². The van der Waals surface area contributed by atoms with Crippen molar-refractivity contribution in [1.82, 2.24) is 9.62 Å². The van der Waals surface area contributed by atoms with Crippen LogP contribution in [-0.2, 0) is 14.8 Å². The Balaban J connectivity index is 2.19. The molecule has 7 heteroatoms. The fraction of sp³-hybridized carbons (Fsp3) is 0.571. The summed E-state index contributed by atoms with van der Waals surface area (Å²) in [5.74, 6) is -0.406. The van der Waals surface area contributed by atoms with Gasteiger partial charge in [-0.1, -0.05) is 12.1 Å². The number of piperazine rings is 1. The number of ether oxygens (including phenoxy) is 1. The van der Waals surface area contributed by atoms with Gasteiger partial charge in [0.15, 0.2) is 0 Å². The molecule has 1 saturated heterocycles. The number of halogens is 1. The minimum Gasteiger partial charge on any atom is -0.381 e. The van der Waals surface area contributed by atoms with Gasteiger partial charge in [0.05, 0.1) is 18.4 Å². The molecule has 0 bridgehead atoms. The molecule has 118 valence electrons. The van der Waals surface area contributed by atoms with Crippen LogP contribution in [0.2, 0.25) is 0 Å². The van der Waals surface area contributed by atoms with Crippen molar-refractivity contribution < 1.29 is 17.5 Å². The summed E-state index contributed by atoms with van der Waals surface area (Å²) in [5.41, 5.74) is 0.669. The Morgan fingerprint density at radius 1 is 1.48 bits per heavy atom. The van der Waals surface area contributed by atoms with Crippen LogP contribution in [0.15, 0.2) is 24.3 Å². The summed E-state index contributed by atoms with van der Waals surface area (Å²) in [7, 11) is -3.42. The second-order valence-corrected chi connectivity index (χ2v) is 6.94. The van der Waals surface area contributed by atoms with Crippen LogP contribution in [0.1, 0.15) is 18.5 Å². The number of hydrogen-bond acceptors (Lipinski definition) is 4. The zero-order valence-corrected chi connectivity index (χ0v) is 12.9. The minimum absolute atomic E-state index is 0.0490. The van der Waals surface area contributed by atoms with Crippen LogP contribution in [0.25, 0.3) is 0 Å².